The number of anilines is 1. The van der Waals surface area contributed by atoms with Gasteiger partial charge in [-0.05, 0) is 37.3 Å². The van der Waals surface area contributed by atoms with E-state index in [2.05, 4.69) is 15.8 Å². The number of rotatable bonds is 6. The van der Waals surface area contributed by atoms with E-state index in [1.54, 1.807) is 31.2 Å². The zero-order valence-electron chi connectivity index (χ0n) is 13.7. The summed E-state index contributed by atoms with van der Waals surface area (Å²) in [5, 5.41) is 25.7. The molecule has 0 bridgehead atoms. The molecule has 0 aromatic heterocycles. The van der Waals surface area contributed by atoms with Crippen LogP contribution in [0.2, 0.25) is 0 Å². The number of carbonyl (C=O) groups is 2. The number of aromatic hydroxyl groups is 2. The Balaban J connectivity index is 1.83. The number of phenols is 2. The van der Waals surface area contributed by atoms with E-state index in [4.69, 9.17) is 0 Å². The van der Waals surface area contributed by atoms with Gasteiger partial charge in [0.2, 0.25) is 11.8 Å². The van der Waals surface area contributed by atoms with E-state index in [0.717, 1.165) is 0 Å². The van der Waals surface area contributed by atoms with Gasteiger partial charge in [0.15, 0.2) is 0 Å². The van der Waals surface area contributed by atoms with Crippen molar-refractivity contribution in [3.05, 3.63) is 54.1 Å². The molecule has 0 fully saturated rings. The van der Waals surface area contributed by atoms with E-state index in [1.807, 2.05) is 6.07 Å². The molecule has 130 valence electrons. The summed E-state index contributed by atoms with van der Waals surface area (Å²) in [5.41, 5.74) is 3.63. The van der Waals surface area contributed by atoms with Gasteiger partial charge in [-0.15, -0.1) is 0 Å². The van der Waals surface area contributed by atoms with E-state index in [-0.39, 0.29) is 30.2 Å². The van der Waals surface area contributed by atoms with Crippen molar-refractivity contribution in [2.75, 3.05) is 5.32 Å². The average molecular weight is 341 g/mol. The minimum Gasteiger partial charge on any atom is -0.508 e. The standard InChI is InChI=1S/C18H19N3O4/c1-12(15-11-14(22)7-8-16(15)23)20-21-18(25)10-9-17(24)19-13-5-3-2-4-6-13/h2-8,11,22-23H,9-10H2,1H3,(H,19,24)(H,21,25)/b20-12-. The molecule has 25 heavy (non-hydrogen) atoms. The van der Waals surface area contributed by atoms with Crippen molar-refractivity contribution in [2.24, 2.45) is 5.10 Å². The Bertz CT molecular complexity index is 788. The first-order valence-corrected chi connectivity index (χ1v) is 7.66. The Morgan fingerprint density at radius 2 is 1.68 bits per heavy atom. The van der Waals surface area contributed by atoms with Crippen molar-refractivity contribution in [2.45, 2.75) is 19.8 Å². The number of nitrogens with one attached hydrogen (secondary N) is 2. The number of hydrazone groups is 1. The molecule has 0 radical (unpaired) electrons. The van der Waals surface area contributed by atoms with Crippen LogP contribution in [0.25, 0.3) is 0 Å². The molecule has 0 aliphatic rings. The summed E-state index contributed by atoms with van der Waals surface area (Å²) in [6.07, 6.45) is -0.00581. The quantitative estimate of drug-likeness (QED) is 0.367. The first-order chi connectivity index (χ1) is 12.0. The van der Waals surface area contributed by atoms with Crippen molar-refractivity contribution >= 4 is 23.2 Å². The van der Waals surface area contributed by atoms with Gasteiger partial charge in [-0.1, -0.05) is 18.2 Å². The molecule has 2 rings (SSSR count). The molecule has 7 heteroatoms. The molecule has 2 amide bonds. The summed E-state index contributed by atoms with van der Waals surface area (Å²) in [6.45, 7) is 1.58. The minimum absolute atomic E-state index is 0.0205. The molecule has 4 N–H and O–H groups in total. The van der Waals surface area contributed by atoms with Crippen LogP contribution in [-0.4, -0.2) is 27.7 Å². The zero-order valence-corrected chi connectivity index (χ0v) is 13.7. The topological polar surface area (TPSA) is 111 Å². The summed E-state index contributed by atoms with van der Waals surface area (Å²) in [7, 11) is 0. The van der Waals surface area contributed by atoms with Crippen LogP contribution in [-0.2, 0) is 9.59 Å². The second-order valence-corrected chi connectivity index (χ2v) is 5.35. The summed E-state index contributed by atoms with van der Waals surface area (Å²) >= 11 is 0. The molecule has 7 nitrogen and oxygen atoms in total. The number of benzene rings is 2. The maximum Gasteiger partial charge on any atom is 0.240 e. The van der Waals surface area contributed by atoms with Gasteiger partial charge in [-0.2, -0.15) is 5.10 Å². The lowest BCUT2D eigenvalue weighted by Gasteiger charge is -2.06. The molecule has 2 aromatic rings. The fraction of sp³-hybridized carbons (Fsp3) is 0.167. The van der Waals surface area contributed by atoms with E-state index in [9.17, 15) is 19.8 Å². The number of para-hydroxylation sites is 1. The van der Waals surface area contributed by atoms with Crippen LogP contribution >= 0.6 is 0 Å². The molecule has 0 unspecified atom stereocenters. The third-order valence-corrected chi connectivity index (χ3v) is 3.35. The predicted molar refractivity (Wildman–Crippen MR) is 94.4 cm³/mol. The first kappa shape index (κ1) is 18.0. The lowest BCUT2D eigenvalue weighted by atomic mass is 10.1. The van der Waals surface area contributed by atoms with Gasteiger partial charge in [0, 0.05) is 24.1 Å². The largest absolute Gasteiger partial charge is 0.508 e. The number of hydrogen-bond donors (Lipinski definition) is 4. The van der Waals surface area contributed by atoms with Gasteiger partial charge in [0.25, 0.3) is 0 Å². The van der Waals surface area contributed by atoms with Crippen LogP contribution in [0.4, 0.5) is 5.69 Å². The molecule has 0 heterocycles. The van der Waals surface area contributed by atoms with Crippen molar-refractivity contribution in [3.8, 4) is 11.5 Å². The second-order valence-electron chi connectivity index (χ2n) is 5.35. The van der Waals surface area contributed by atoms with Gasteiger partial charge < -0.3 is 15.5 Å². The summed E-state index contributed by atoms with van der Waals surface area (Å²) in [4.78, 5) is 23.5. The molecule has 0 spiro atoms. The Hall–Kier alpha value is -3.35. The molecule has 0 aliphatic carbocycles. The molecular weight excluding hydrogens is 322 g/mol. The Morgan fingerprint density at radius 3 is 2.40 bits per heavy atom. The maximum absolute atomic E-state index is 11.8. The Kier molecular flexibility index (Phi) is 6.11. The molecular formula is C18H19N3O4. The van der Waals surface area contributed by atoms with Crippen LogP contribution in [0.5, 0.6) is 11.5 Å². The fourth-order valence-electron chi connectivity index (χ4n) is 2.05. The number of phenolic OH excluding ortho intramolecular Hbond substituents is 2. The number of nitrogens with zero attached hydrogens (tertiary/aromatic N) is 1. The van der Waals surface area contributed by atoms with Gasteiger partial charge >= 0.3 is 0 Å². The van der Waals surface area contributed by atoms with Gasteiger partial charge in [0.05, 0.1) is 5.71 Å². The fourth-order valence-corrected chi connectivity index (χ4v) is 2.05. The van der Waals surface area contributed by atoms with Crippen LogP contribution in [0.15, 0.2) is 53.6 Å². The van der Waals surface area contributed by atoms with Crippen LogP contribution in [0, 0.1) is 0 Å². The third-order valence-electron chi connectivity index (χ3n) is 3.35. The maximum atomic E-state index is 11.8. The zero-order chi connectivity index (χ0) is 18.2. The SMILES string of the molecule is C/C(=N/NC(=O)CCC(=O)Nc1ccccc1)c1cc(O)ccc1O. The second kappa shape index (κ2) is 8.49. The predicted octanol–water partition coefficient (Wildman–Crippen LogP) is 2.36. The van der Waals surface area contributed by atoms with Gasteiger partial charge in [0.1, 0.15) is 11.5 Å². The normalized spacial score (nSPS) is 11.0. The number of hydrogen-bond acceptors (Lipinski definition) is 5. The molecule has 0 saturated carbocycles. The number of amides is 2. The average Bonchev–Trinajstić information content (AvgIpc) is 2.60. The highest BCUT2D eigenvalue weighted by Crippen LogP contribution is 2.22. The minimum atomic E-state index is -0.429. The van der Waals surface area contributed by atoms with Crippen molar-refractivity contribution in [1.29, 1.82) is 0 Å². The first-order valence-electron chi connectivity index (χ1n) is 7.66. The van der Waals surface area contributed by atoms with E-state index < -0.39 is 5.91 Å². The van der Waals surface area contributed by atoms with Gasteiger partial charge in [-0.3, -0.25) is 9.59 Å². The smallest absolute Gasteiger partial charge is 0.240 e. The third kappa shape index (κ3) is 5.65. The number of carbonyl (C=O) groups excluding carboxylic acids is 2. The van der Waals surface area contributed by atoms with Crippen molar-refractivity contribution in [1.82, 2.24) is 5.43 Å². The van der Waals surface area contributed by atoms with E-state index in [1.165, 1.54) is 18.2 Å². The van der Waals surface area contributed by atoms with Crippen LogP contribution < -0.4 is 10.7 Å². The molecule has 2 aromatic carbocycles. The highest BCUT2D eigenvalue weighted by molar-refractivity contribution is 6.02. The summed E-state index contributed by atoms with van der Waals surface area (Å²) in [5.74, 6) is -0.781. The monoisotopic (exact) mass is 341 g/mol. The van der Waals surface area contributed by atoms with Gasteiger partial charge in [-0.25, -0.2) is 5.43 Å². The Labute approximate surface area is 145 Å². The lowest BCUT2D eigenvalue weighted by molar-refractivity contribution is -0.124. The lowest BCUT2D eigenvalue weighted by Crippen LogP contribution is -2.21. The molecule has 0 atom stereocenters. The van der Waals surface area contributed by atoms with Crippen molar-refractivity contribution < 1.29 is 19.8 Å². The van der Waals surface area contributed by atoms with Crippen LogP contribution in [0.3, 0.4) is 0 Å². The van der Waals surface area contributed by atoms with E-state index >= 15 is 0 Å². The Morgan fingerprint density at radius 1 is 1.00 bits per heavy atom. The summed E-state index contributed by atoms with van der Waals surface area (Å²) in [6, 6.07) is 13.0. The highest BCUT2D eigenvalue weighted by Gasteiger charge is 2.09. The molecule has 0 aliphatic heterocycles. The van der Waals surface area contributed by atoms with E-state index in [0.29, 0.717) is 17.0 Å². The summed E-state index contributed by atoms with van der Waals surface area (Å²) < 4.78 is 0. The highest BCUT2D eigenvalue weighted by atomic mass is 16.3. The molecule has 0 saturated heterocycles. The van der Waals surface area contributed by atoms with Crippen molar-refractivity contribution in [3.63, 3.8) is 0 Å². The van der Waals surface area contributed by atoms with Crippen LogP contribution in [0.1, 0.15) is 25.3 Å².